The van der Waals surface area contributed by atoms with Crippen LogP contribution in [-0.2, 0) is 16.1 Å². The number of pyridine rings is 1. The highest BCUT2D eigenvalue weighted by Crippen LogP contribution is 2.28. The second kappa shape index (κ2) is 13.8. The number of carbonyl (C=O) groups excluding carboxylic acids is 2. The van der Waals surface area contributed by atoms with E-state index in [-0.39, 0.29) is 13.0 Å². The number of nitrogens with two attached hydrogens (primary N) is 1. The number of anilines is 1. The van der Waals surface area contributed by atoms with Crippen LogP contribution < -0.4 is 21.3 Å². The normalized spacial score (nSPS) is 12.2. The molecule has 45 heavy (non-hydrogen) atoms. The number of hydrogen-bond donors (Lipinski definition) is 3. The third-order valence-electron chi connectivity index (χ3n) is 6.47. The van der Waals surface area contributed by atoms with E-state index in [4.69, 9.17) is 15.2 Å². The summed E-state index contributed by atoms with van der Waals surface area (Å²) in [7, 11) is 0. The Morgan fingerprint density at radius 3 is 2.18 bits per heavy atom. The third-order valence-corrected chi connectivity index (χ3v) is 6.47. The minimum atomic E-state index is -1.48. The number of ketones is 1. The molecule has 0 saturated heterocycles. The van der Waals surface area contributed by atoms with Gasteiger partial charge in [0.1, 0.15) is 41.5 Å². The summed E-state index contributed by atoms with van der Waals surface area (Å²) >= 11 is 0. The van der Waals surface area contributed by atoms with Crippen LogP contribution in [0.1, 0.15) is 34.8 Å². The molecule has 14 heteroatoms. The number of carboxylic acids is 1. The maximum Gasteiger partial charge on any atom is 0.408 e. The lowest BCUT2D eigenvalue weighted by molar-refractivity contribution is -0.140. The highest BCUT2D eigenvalue weighted by atomic mass is 19.1. The van der Waals surface area contributed by atoms with Crippen LogP contribution >= 0.6 is 0 Å². The molecule has 0 radical (unpaired) electrons. The lowest BCUT2D eigenvalue weighted by Gasteiger charge is -2.21. The van der Waals surface area contributed by atoms with Gasteiger partial charge < -0.3 is 25.6 Å². The predicted molar refractivity (Wildman–Crippen MR) is 152 cm³/mol. The molecule has 1 amide bonds. The predicted octanol–water partition coefficient (Wildman–Crippen LogP) is 4.74. The van der Waals surface area contributed by atoms with Crippen molar-refractivity contribution < 1.29 is 46.5 Å². The average molecular weight is 628 g/mol. The van der Waals surface area contributed by atoms with Crippen molar-refractivity contribution in [1.82, 2.24) is 9.88 Å². The molecule has 2 unspecified atom stereocenters. The first kappa shape index (κ1) is 32.3. The van der Waals surface area contributed by atoms with Crippen molar-refractivity contribution in [2.75, 3.05) is 5.73 Å². The average Bonchev–Trinajstić information content (AvgIpc) is 2.97. The fourth-order valence-electron chi connectivity index (χ4n) is 4.36. The molecule has 1 heterocycles. The molecule has 1 aromatic heterocycles. The van der Waals surface area contributed by atoms with Crippen LogP contribution in [0.3, 0.4) is 0 Å². The van der Waals surface area contributed by atoms with Crippen LogP contribution in [0, 0.1) is 23.3 Å². The summed E-state index contributed by atoms with van der Waals surface area (Å²) in [5.74, 6) is -8.45. The number of aliphatic carboxylic acids is 1. The van der Waals surface area contributed by atoms with Crippen molar-refractivity contribution in [2.24, 2.45) is 0 Å². The lowest BCUT2D eigenvalue weighted by Crippen LogP contribution is -2.43. The molecule has 0 aliphatic rings. The number of alkyl carbamates (subject to hydrolysis) is 1. The fourth-order valence-corrected chi connectivity index (χ4v) is 4.36. The maximum atomic E-state index is 15.3. The van der Waals surface area contributed by atoms with Crippen molar-refractivity contribution in [3.8, 4) is 11.4 Å². The number of benzene rings is 3. The second-order valence-electron chi connectivity index (χ2n) is 9.76. The van der Waals surface area contributed by atoms with E-state index in [9.17, 15) is 33.1 Å². The molecule has 0 spiro atoms. The van der Waals surface area contributed by atoms with Gasteiger partial charge in [-0.25, -0.2) is 27.2 Å². The first-order valence-electron chi connectivity index (χ1n) is 13.2. The monoisotopic (exact) mass is 627 g/mol. The topological polar surface area (TPSA) is 150 Å². The standard InChI is InChI=1S/C31H25F4N3O7/c1-16(11-25(30(41)42)37-31(43)44-15-17-5-3-2-4-6-17)45-19-13-23(34)27(24(35)14-19)38-26(39)10-9-21(29(38)36)28(40)20-8-7-18(32)12-22(20)33/h2-10,12-14,16,25H,11,15,36H2,1H3,(H,37,43)(H,41,42). The number of nitrogens with one attached hydrogen (secondary N) is 1. The Labute approximate surface area is 252 Å². The van der Waals surface area contributed by atoms with E-state index in [0.717, 1.165) is 24.3 Å². The Hall–Kier alpha value is -5.66. The van der Waals surface area contributed by atoms with Gasteiger partial charge in [0.25, 0.3) is 5.56 Å². The van der Waals surface area contributed by atoms with E-state index >= 15 is 8.78 Å². The van der Waals surface area contributed by atoms with Gasteiger partial charge in [0.05, 0.1) is 17.2 Å². The number of carbonyl (C=O) groups is 3. The fraction of sp³-hybridized carbons (Fsp3) is 0.161. The summed E-state index contributed by atoms with van der Waals surface area (Å²) < 4.78 is 68.9. The lowest BCUT2D eigenvalue weighted by atomic mass is 10.0. The van der Waals surface area contributed by atoms with Crippen LogP contribution in [0.2, 0.25) is 0 Å². The zero-order chi connectivity index (χ0) is 32.8. The number of rotatable bonds is 11. The molecular formula is C31H25F4N3O7. The van der Waals surface area contributed by atoms with Crippen LogP contribution in [0.25, 0.3) is 5.69 Å². The quantitative estimate of drug-likeness (QED) is 0.159. The number of nitrogen functional groups attached to an aromatic ring is 1. The molecule has 4 rings (SSSR count). The van der Waals surface area contributed by atoms with Crippen molar-refractivity contribution in [3.05, 3.63) is 123 Å². The SMILES string of the molecule is CC(CC(NC(=O)OCc1ccccc1)C(=O)O)Oc1cc(F)c(-n2c(N)c(C(=O)c3ccc(F)cc3F)ccc2=O)c(F)c1. The van der Waals surface area contributed by atoms with Gasteiger partial charge >= 0.3 is 12.1 Å². The number of ether oxygens (including phenoxy) is 2. The minimum absolute atomic E-state index is 0.107. The van der Waals surface area contributed by atoms with Crippen molar-refractivity contribution >= 4 is 23.7 Å². The van der Waals surface area contributed by atoms with Gasteiger partial charge in [0.2, 0.25) is 0 Å². The van der Waals surface area contributed by atoms with Gasteiger partial charge in [0.15, 0.2) is 17.4 Å². The number of amides is 1. The van der Waals surface area contributed by atoms with Crippen molar-refractivity contribution in [2.45, 2.75) is 32.1 Å². The van der Waals surface area contributed by atoms with E-state index < -0.39 is 87.2 Å². The van der Waals surface area contributed by atoms with Crippen molar-refractivity contribution in [1.29, 1.82) is 0 Å². The van der Waals surface area contributed by atoms with E-state index in [2.05, 4.69) is 5.32 Å². The van der Waals surface area contributed by atoms with Crippen molar-refractivity contribution in [3.63, 3.8) is 0 Å². The Bertz CT molecular complexity index is 1790. The largest absolute Gasteiger partial charge is 0.490 e. The number of aromatic nitrogens is 1. The molecule has 0 bridgehead atoms. The van der Waals surface area contributed by atoms with Gasteiger partial charge in [-0.05, 0) is 30.7 Å². The number of carboxylic acid groups (broad SMARTS) is 1. The molecule has 234 valence electrons. The summed E-state index contributed by atoms with van der Waals surface area (Å²) in [4.78, 5) is 49.4. The molecule has 0 fully saturated rings. The highest BCUT2D eigenvalue weighted by Gasteiger charge is 2.26. The molecule has 2 atom stereocenters. The first-order valence-corrected chi connectivity index (χ1v) is 13.2. The molecule has 10 nitrogen and oxygen atoms in total. The van der Waals surface area contributed by atoms with E-state index in [1.165, 1.54) is 6.92 Å². The van der Waals surface area contributed by atoms with Gasteiger partial charge in [-0.1, -0.05) is 30.3 Å². The van der Waals surface area contributed by atoms with Crippen LogP contribution in [0.5, 0.6) is 5.75 Å². The molecule has 0 aliphatic heterocycles. The molecule has 3 aromatic carbocycles. The van der Waals surface area contributed by atoms with Gasteiger partial charge in [-0.2, -0.15) is 0 Å². The van der Waals surface area contributed by atoms with E-state index in [1.807, 2.05) is 0 Å². The summed E-state index contributed by atoms with van der Waals surface area (Å²) in [6, 6.07) is 12.4. The smallest absolute Gasteiger partial charge is 0.408 e. The van der Waals surface area contributed by atoms with Crippen LogP contribution in [-0.4, -0.2) is 39.7 Å². The third kappa shape index (κ3) is 7.65. The number of nitrogens with zero attached hydrogens (tertiary/aromatic N) is 1. The summed E-state index contributed by atoms with van der Waals surface area (Å²) in [6.45, 7) is 1.28. The summed E-state index contributed by atoms with van der Waals surface area (Å²) in [5.41, 5.74) is 3.54. The number of hydrogen-bond acceptors (Lipinski definition) is 7. The van der Waals surface area contributed by atoms with Crippen LogP contribution in [0.15, 0.2) is 77.6 Å². The molecule has 0 saturated carbocycles. The minimum Gasteiger partial charge on any atom is -0.490 e. The number of halogens is 4. The molecular weight excluding hydrogens is 602 g/mol. The highest BCUT2D eigenvalue weighted by molar-refractivity contribution is 6.11. The Morgan fingerprint density at radius 2 is 1.56 bits per heavy atom. The zero-order valence-electron chi connectivity index (χ0n) is 23.4. The van der Waals surface area contributed by atoms with E-state index in [1.54, 1.807) is 30.3 Å². The summed E-state index contributed by atoms with van der Waals surface area (Å²) in [5, 5.41) is 11.7. The van der Waals surface area contributed by atoms with E-state index in [0.29, 0.717) is 28.3 Å². The van der Waals surface area contributed by atoms with Gasteiger partial charge in [-0.15, -0.1) is 0 Å². The second-order valence-corrected chi connectivity index (χ2v) is 9.76. The molecule has 0 aliphatic carbocycles. The Balaban J connectivity index is 1.51. The molecule has 4 N–H and O–H groups in total. The summed E-state index contributed by atoms with van der Waals surface area (Å²) in [6.07, 6.45) is -2.35. The van der Waals surface area contributed by atoms with Gasteiger partial charge in [-0.3, -0.25) is 14.2 Å². The maximum absolute atomic E-state index is 15.3. The zero-order valence-corrected chi connectivity index (χ0v) is 23.4. The first-order chi connectivity index (χ1) is 21.3. The van der Waals surface area contributed by atoms with Gasteiger partial charge in [0, 0.05) is 30.7 Å². The Kier molecular flexibility index (Phi) is 9.86. The van der Waals surface area contributed by atoms with Crippen LogP contribution in [0.4, 0.5) is 28.2 Å². The molecule has 4 aromatic rings. The Morgan fingerprint density at radius 1 is 0.911 bits per heavy atom.